The number of amides is 2. The predicted molar refractivity (Wildman–Crippen MR) is 116 cm³/mol. The molecule has 28 heavy (non-hydrogen) atoms. The van der Waals surface area contributed by atoms with Crippen molar-refractivity contribution in [3.63, 3.8) is 0 Å². The highest BCUT2D eigenvalue weighted by Gasteiger charge is 2.38. The van der Waals surface area contributed by atoms with Crippen LogP contribution in [0.15, 0.2) is 36.4 Å². The second-order valence-corrected chi connectivity index (χ2v) is 9.62. The maximum Gasteiger partial charge on any atom is 0.245 e. The van der Waals surface area contributed by atoms with E-state index >= 15 is 0 Å². The SMILES string of the molecule is CCCC(=O)Nc1cccc(-c2ccc([C@@]3(CC(=O)NO)CCCCS3)s2)c1. The summed E-state index contributed by atoms with van der Waals surface area (Å²) in [5.41, 5.74) is 3.64. The third-order valence-corrected chi connectivity index (χ3v) is 7.97. The highest BCUT2D eigenvalue weighted by Crippen LogP contribution is 2.50. The summed E-state index contributed by atoms with van der Waals surface area (Å²) in [5, 5.41) is 12.0. The second kappa shape index (κ2) is 9.58. The van der Waals surface area contributed by atoms with Gasteiger partial charge in [0.15, 0.2) is 0 Å². The summed E-state index contributed by atoms with van der Waals surface area (Å²) in [7, 11) is 0. The smallest absolute Gasteiger partial charge is 0.245 e. The van der Waals surface area contributed by atoms with Crippen molar-refractivity contribution in [2.24, 2.45) is 0 Å². The lowest BCUT2D eigenvalue weighted by molar-refractivity contribution is -0.129. The Kier molecular flexibility index (Phi) is 7.15. The Balaban J connectivity index is 1.84. The van der Waals surface area contributed by atoms with Gasteiger partial charge in [-0.3, -0.25) is 14.8 Å². The van der Waals surface area contributed by atoms with E-state index in [1.807, 2.05) is 43.0 Å². The van der Waals surface area contributed by atoms with Gasteiger partial charge in [-0.05, 0) is 54.8 Å². The zero-order valence-corrected chi connectivity index (χ0v) is 17.6. The van der Waals surface area contributed by atoms with Gasteiger partial charge in [0, 0.05) is 28.3 Å². The zero-order chi connectivity index (χ0) is 20.0. The monoisotopic (exact) mass is 418 g/mol. The highest BCUT2D eigenvalue weighted by molar-refractivity contribution is 8.00. The number of carbonyl (C=O) groups is 2. The molecule has 150 valence electrons. The van der Waals surface area contributed by atoms with Crippen LogP contribution in [0.2, 0.25) is 0 Å². The zero-order valence-electron chi connectivity index (χ0n) is 16.0. The summed E-state index contributed by atoms with van der Waals surface area (Å²) in [6.07, 6.45) is 4.78. The Morgan fingerprint density at radius 1 is 1.18 bits per heavy atom. The maximum absolute atomic E-state index is 11.9. The topological polar surface area (TPSA) is 78.4 Å². The number of anilines is 1. The molecule has 1 aliphatic rings. The van der Waals surface area contributed by atoms with Crippen LogP contribution < -0.4 is 10.8 Å². The van der Waals surface area contributed by atoms with E-state index in [1.165, 1.54) is 0 Å². The molecule has 1 aromatic carbocycles. The van der Waals surface area contributed by atoms with Crippen molar-refractivity contribution in [2.75, 3.05) is 11.1 Å². The minimum atomic E-state index is -0.343. The molecule has 3 N–H and O–H groups in total. The van der Waals surface area contributed by atoms with Gasteiger partial charge in [0.25, 0.3) is 0 Å². The number of thioether (sulfide) groups is 1. The van der Waals surface area contributed by atoms with Crippen LogP contribution in [-0.4, -0.2) is 22.8 Å². The Morgan fingerprint density at radius 3 is 2.75 bits per heavy atom. The summed E-state index contributed by atoms with van der Waals surface area (Å²) in [6.45, 7) is 1.99. The molecule has 1 fully saturated rings. The number of hydrogen-bond acceptors (Lipinski definition) is 5. The van der Waals surface area contributed by atoms with Crippen molar-refractivity contribution in [3.05, 3.63) is 41.3 Å². The standard InChI is InChI=1S/C21H26N2O3S2/c1-2-6-19(24)22-16-8-5-7-15(13-16)17-9-10-18(28-17)21(14-20(25)23-26)11-3-4-12-27-21/h5,7-10,13,26H,2-4,6,11-12,14H2,1H3,(H,22,24)(H,23,25)/t21-/m0/s1. The third kappa shape index (κ3) is 4.96. The van der Waals surface area contributed by atoms with Gasteiger partial charge in [0.05, 0.1) is 4.75 Å². The minimum absolute atomic E-state index is 0.0269. The van der Waals surface area contributed by atoms with E-state index in [0.29, 0.717) is 6.42 Å². The molecule has 2 heterocycles. The van der Waals surface area contributed by atoms with E-state index in [1.54, 1.807) is 16.8 Å². The lowest BCUT2D eigenvalue weighted by atomic mass is 9.94. The molecule has 0 bridgehead atoms. The quantitative estimate of drug-likeness (QED) is 0.429. The number of hydrogen-bond donors (Lipinski definition) is 3. The third-order valence-electron chi connectivity index (χ3n) is 4.89. The molecule has 7 heteroatoms. The van der Waals surface area contributed by atoms with E-state index < -0.39 is 0 Å². The molecule has 0 aliphatic carbocycles. The van der Waals surface area contributed by atoms with Crippen molar-refractivity contribution in [1.82, 2.24) is 5.48 Å². The first-order valence-electron chi connectivity index (χ1n) is 9.64. The fourth-order valence-corrected chi connectivity index (χ4v) is 6.40. The summed E-state index contributed by atoms with van der Waals surface area (Å²) in [5.74, 6) is 0.703. The Bertz CT molecular complexity index is 829. The first-order chi connectivity index (χ1) is 13.6. The molecule has 2 amide bonds. The van der Waals surface area contributed by atoms with E-state index in [0.717, 1.165) is 52.4 Å². The number of rotatable bonds is 7. The summed E-state index contributed by atoms with van der Waals surface area (Å²) < 4.78 is -0.277. The van der Waals surface area contributed by atoms with Gasteiger partial charge in [0.2, 0.25) is 11.8 Å². The van der Waals surface area contributed by atoms with Gasteiger partial charge in [-0.2, -0.15) is 0 Å². The Labute approximate surface area is 173 Å². The molecule has 1 aliphatic heterocycles. The number of nitrogens with one attached hydrogen (secondary N) is 2. The van der Waals surface area contributed by atoms with E-state index in [-0.39, 0.29) is 23.0 Å². The van der Waals surface area contributed by atoms with Crippen LogP contribution in [0.1, 0.15) is 50.3 Å². The van der Waals surface area contributed by atoms with E-state index in [2.05, 4.69) is 17.4 Å². The van der Waals surface area contributed by atoms with Crippen LogP contribution in [0.4, 0.5) is 5.69 Å². The van der Waals surface area contributed by atoms with Crippen molar-refractivity contribution in [2.45, 2.75) is 50.2 Å². The van der Waals surface area contributed by atoms with Crippen LogP contribution >= 0.6 is 23.1 Å². The molecule has 0 spiro atoms. The largest absolute Gasteiger partial charge is 0.326 e. The molecule has 0 saturated carbocycles. The normalized spacial score (nSPS) is 19.2. The molecule has 5 nitrogen and oxygen atoms in total. The van der Waals surface area contributed by atoms with Crippen LogP contribution in [0.5, 0.6) is 0 Å². The molecule has 3 rings (SSSR count). The number of carbonyl (C=O) groups excluding carboxylic acids is 2. The molecule has 1 saturated heterocycles. The van der Waals surface area contributed by atoms with Crippen LogP contribution in [-0.2, 0) is 14.3 Å². The second-order valence-electron chi connectivity index (χ2n) is 7.05. The number of benzene rings is 1. The fraction of sp³-hybridized carbons (Fsp3) is 0.429. The first-order valence-corrected chi connectivity index (χ1v) is 11.4. The summed E-state index contributed by atoms with van der Waals surface area (Å²) in [4.78, 5) is 26.1. The average molecular weight is 419 g/mol. The molecular weight excluding hydrogens is 392 g/mol. The lowest BCUT2D eigenvalue weighted by Gasteiger charge is -2.35. The van der Waals surface area contributed by atoms with E-state index in [9.17, 15) is 9.59 Å². The summed E-state index contributed by atoms with van der Waals surface area (Å²) in [6, 6.07) is 12.1. The van der Waals surface area contributed by atoms with Gasteiger partial charge in [0.1, 0.15) is 0 Å². The van der Waals surface area contributed by atoms with Crippen LogP contribution in [0.25, 0.3) is 10.4 Å². The minimum Gasteiger partial charge on any atom is -0.326 e. The van der Waals surface area contributed by atoms with Crippen LogP contribution in [0, 0.1) is 0 Å². The fourth-order valence-electron chi connectivity index (χ4n) is 3.51. The van der Waals surface area contributed by atoms with Gasteiger partial charge in [-0.1, -0.05) is 25.5 Å². The van der Waals surface area contributed by atoms with Crippen LogP contribution in [0.3, 0.4) is 0 Å². The van der Waals surface area contributed by atoms with Crippen molar-refractivity contribution in [3.8, 4) is 10.4 Å². The van der Waals surface area contributed by atoms with Gasteiger partial charge in [-0.15, -0.1) is 23.1 Å². The molecule has 0 radical (unpaired) electrons. The average Bonchev–Trinajstić information content (AvgIpc) is 3.20. The first kappa shape index (κ1) is 20.9. The number of hydroxylamine groups is 1. The van der Waals surface area contributed by atoms with E-state index in [4.69, 9.17) is 5.21 Å². The summed E-state index contributed by atoms with van der Waals surface area (Å²) >= 11 is 3.50. The van der Waals surface area contributed by atoms with Gasteiger partial charge >= 0.3 is 0 Å². The lowest BCUT2D eigenvalue weighted by Crippen LogP contribution is -2.32. The molecule has 0 unspecified atom stereocenters. The Hall–Kier alpha value is -1.83. The van der Waals surface area contributed by atoms with Crippen molar-refractivity contribution >= 4 is 40.6 Å². The maximum atomic E-state index is 11.9. The number of thiophene rings is 1. The molecular formula is C21H26N2O3S2. The molecule has 2 aromatic rings. The molecule has 1 aromatic heterocycles. The van der Waals surface area contributed by atoms with Gasteiger partial charge in [-0.25, -0.2) is 5.48 Å². The van der Waals surface area contributed by atoms with Gasteiger partial charge < -0.3 is 5.32 Å². The van der Waals surface area contributed by atoms with Crippen molar-refractivity contribution < 1.29 is 14.8 Å². The highest BCUT2D eigenvalue weighted by atomic mass is 32.2. The van der Waals surface area contributed by atoms with Crippen molar-refractivity contribution in [1.29, 1.82) is 0 Å². The Morgan fingerprint density at radius 2 is 2.04 bits per heavy atom. The molecule has 1 atom stereocenters. The predicted octanol–water partition coefficient (Wildman–Crippen LogP) is 5.16.